The van der Waals surface area contributed by atoms with Crippen molar-refractivity contribution in [3.8, 4) is 11.3 Å². The first kappa shape index (κ1) is 33.1. The fraction of sp³-hybridized carbons (Fsp3) is 0.389. The van der Waals surface area contributed by atoms with Crippen LogP contribution >= 0.6 is 11.3 Å². The van der Waals surface area contributed by atoms with Crippen LogP contribution in [-0.2, 0) is 31.1 Å². The van der Waals surface area contributed by atoms with E-state index in [-0.39, 0.29) is 35.3 Å². The summed E-state index contributed by atoms with van der Waals surface area (Å²) >= 11 is 1.59. The number of anilines is 3. The zero-order chi connectivity index (χ0) is 33.1. The molecule has 46 heavy (non-hydrogen) atoms. The molecule has 0 fully saturated rings. The number of fused-ring (bicyclic) bond motifs is 1. The molecule has 0 saturated carbocycles. The van der Waals surface area contributed by atoms with Gasteiger partial charge in [-0.05, 0) is 101 Å². The van der Waals surface area contributed by atoms with Crippen LogP contribution in [0.15, 0.2) is 59.5 Å². The zero-order valence-corrected chi connectivity index (χ0v) is 28.6. The Bertz CT molecular complexity index is 1770. The quantitative estimate of drug-likeness (QED) is 0.220. The van der Waals surface area contributed by atoms with E-state index in [1.807, 2.05) is 62.5 Å². The van der Waals surface area contributed by atoms with Crippen molar-refractivity contribution >= 4 is 40.3 Å². The van der Waals surface area contributed by atoms with E-state index < -0.39 is 0 Å². The van der Waals surface area contributed by atoms with Crippen molar-refractivity contribution in [1.82, 2.24) is 19.4 Å². The highest BCUT2D eigenvalue weighted by Crippen LogP contribution is 2.32. The van der Waals surface area contributed by atoms with Crippen molar-refractivity contribution in [3.05, 3.63) is 91.5 Å². The Kier molecular flexibility index (Phi) is 10.1. The smallest absolute Gasteiger partial charge is 0.293 e. The molecular formula is C36H44N6O3S. The van der Waals surface area contributed by atoms with E-state index in [9.17, 15) is 14.4 Å². The summed E-state index contributed by atoms with van der Waals surface area (Å²) in [6, 6.07) is 15.5. The van der Waals surface area contributed by atoms with Gasteiger partial charge in [0.25, 0.3) is 11.5 Å². The lowest BCUT2D eigenvalue weighted by Gasteiger charge is -2.32. The van der Waals surface area contributed by atoms with Crippen LogP contribution in [0.2, 0.25) is 0 Å². The number of nitrogens with zero attached hydrogens (tertiary/aromatic N) is 4. The number of aryl methyl sites for hydroxylation is 3. The second-order valence-corrected chi connectivity index (χ2v) is 13.8. The van der Waals surface area contributed by atoms with E-state index in [1.54, 1.807) is 43.6 Å². The molecule has 0 aliphatic heterocycles. The minimum absolute atomic E-state index is 0.0621. The molecule has 2 aromatic heterocycles. The monoisotopic (exact) mass is 640 g/mol. The summed E-state index contributed by atoms with van der Waals surface area (Å²) < 4.78 is 1.51. The summed E-state index contributed by atoms with van der Waals surface area (Å²) in [4.78, 5) is 49.8. The minimum atomic E-state index is -0.279. The second-order valence-electron chi connectivity index (χ2n) is 12.6. The summed E-state index contributed by atoms with van der Waals surface area (Å²) in [6.45, 7) is 6.11. The molecule has 2 aromatic carbocycles. The van der Waals surface area contributed by atoms with Gasteiger partial charge in [-0.2, -0.15) is 0 Å². The lowest BCUT2D eigenvalue weighted by atomic mass is 9.99. The number of amides is 2. The van der Waals surface area contributed by atoms with Gasteiger partial charge in [0.2, 0.25) is 5.91 Å². The first-order valence-corrected chi connectivity index (χ1v) is 16.6. The molecule has 9 nitrogen and oxygen atoms in total. The Morgan fingerprint density at radius 1 is 1.04 bits per heavy atom. The lowest BCUT2D eigenvalue weighted by molar-refractivity contribution is -0.134. The van der Waals surface area contributed by atoms with Gasteiger partial charge in [-0.25, -0.2) is 4.98 Å². The van der Waals surface area contributed by atoms with Gasteiger partial charge in [0.1, 0.15) is 0 Å². The predicted molar refractivity (Wildman–Crippen MR) is 187 cm³/mol. The van der Waals surface area contributed by atoms with Crippen LogP contribution < -0.4 is 16.2 Å². The summed E-state index contributed by atoms with van der Waals surface area (Å²) in [5, 5.41) is 6.30. The fourth-order valence-electron chi connectivity index (χ4n) is 5.80. The summed E-state index contributed by atoms with van der Waals surface area (Å²) in [5.41, 5.74) is 5.80. The van der Waals surface area contributed by atoms with E-state index in [1.165, 1.54) is 27.8 Å². The first-order valence-electron chi connectivity index (χ1n) is 15.8. The van der Waals surface area contributed by atoms with Crippen molar-refractivity contribution in [2.45, 2.75) is 65.0 Å². The number of thiophene rings is 1. The number of aromatic nitrogens is 2. The van der Waals surface area contributed by atoms with Gasteiger partial charge in [0, 0.05) is 55.2 Å². The van der Waals surface area contributed by atoms with Gasteiger partial charge < -0.3 is 20.1 Å². The van der Waals surface area contributed by atoms with Crippen LogP contribution in [-0.4, -0.2) is 64.4 Å². The number of hydrogen-bond donors (Lipinski definition) is 2. The second kappa shape index (κ2) is 14.0. The molecular weight excluding hydrogens is 597 g/mol. The topological polar surface area (TPSA) is 99.6 Å². The van der Waals surface area contributed by atoms with E-state index in [4.69, 9.17) is 4.98 Å². The van der Waals surface area contributed by atoms with E-state index in [0.717, 1.165) is 40.1 Å². The third kappa shape index (κ3) is 7.24. The van der Waals surface area contributed by atoms with Crippen molar-refractivity contribution in [3.63, 3.8) is 0 Å². The Morgan fingerprint density at radius 3 is 2.43 bits per heavy atom. The molecule has 0 spiro atoms. The van der Waals surface area contributed by atoms with E-state index in [0.29, 0.717) is 17.8 Å². The summed E-state index contributed by atoms with van der Waals surface area (Å²) in [5.74, 6) is 0.158. The average molecular weight is 641 g/mol. The number of hydrogen-bond acceptors (Lipinski definition) is 7. The maximum atomic E-state index is 13.2. The van der Waals surface area contributed by atoms with Gasteiger partial charge in [-0.15, -0.1) is 11.3 Å². The number of carbonyl (C=O) groups is 2. The van der Waals surface area contributed by atoms with Crippen LogP contribution in [0.1, 0.15) is 57.9 Å². The highest BCUT2D eigenvalue weighted by atomic mass is 32.1. The van der Waals surface area contributed by atoms with Crippen LogP contribution in [0.25, 0.3) is 11.3 Å². The molecule has 10 heteroatoms. The highest BCUT2D eigenvalue weighted by Gasteiger charge is 2.27. The Labute approximate surface area is 275 Å². The van der Waals surface area contributed by atoms with Gasteiger partial charge in [-0.3, -0.25) is 19.3 Å². The molecule has 1 atom stereocenters. The number of benzene rings is 2. The molecule has 0 saturated heterocycles. The first-order chi connectivity index (χ1) is 21.9. The maximum absolute atomic E-state index is 13.2. The predicted octanol–water partition coefficient (Wildman–Crippen LogP) is 6.03. The largest absolute Gasteiger partial charge is 0.347 e. The minimum Gasteiger partial charge on any atom is -0.347 e. The number of likely N-dealkylation sites (N-methyl/N-ethyl adjacent to an activating group) is 2. The molecule has 1 aliphatic carbocycles. The van der Waals surface area contributed by atoms with Gasteiger partial charge in [0.15, 0.2) is 5.82 Å². The molecule has 2 amide bonds. The number of rotatable bonds is 10. The number of nitrogens with one attached hydrogen (secondary N) is 2. The van der Waals surface area contributed by atoms with Crippen molar-refractivity contribution < 1.29 is 9.59 Å². The molecule has 1 aliphatic rings. The Hall–Kier alpha value is -4.28. The van der Waals surface area contributed by atoms with Crippen LogP contribution in [0.4, 0.5) is 17.2 Å². The molecule has 0 unspecified atom stereocenters. The van der Waals surface area contributed by atoms with Crippen molar-refractivity contribution in [2.75, 3.05) is 31.8 Å². The van der Waals surface area contributed by atoms with E-state index in [2.05, 4.69) is 29.4 Å². The molecule has 0 radical (unpaired) electrons. The fourth-order valence-corrected chi connectivity index (χ4v) is 6.95. The van der Waals surface area contributed by atoms with Crippen LogP contribution in [0, 0.1) is 6.92 Å². The SMILES string of the molecule is Cc1c(NC(=O)c2cc3c(s2)CCCC3)cccc1-c1cn(C)c(=O)c(Nc2ccc(C[C@@H](C(=O)N(C)C)N(C)C(C)C)cc2)n1. The van der Waals surface area contributed by atoms with Gasteiger partial charge >= 0.3 is 0 Å². The summed E-state index contributed by atoms with van der Waals surface area (Å²) in [7, 11) is 7.24. The molecule has 2 heterocycles. The third-order valence-electron chi connectivity index (χ3n) is 8.83. The van der Waals surface area contributed by atoms with Gasteiger partial charge in [-0.1, -0.05) is 24.3 Å². The molecule has 4 aromatic rings. The van der Waals surface area contributed by atoms with Crippen LogP contribution in [0.5, 0.6) is 0 Å². The standard InChI is InChI=1S/C36H44N6O3S/c1-22(2)42(7)30(35(44)40(4)5)19-24-15-17-26(18-16-24)37-33-36(45)41(6)21-29(38-33)27-12-10-13-28(23(27)3)39-34(43)32-20-25-11-8-9-14-31(25)46-32/h10,12-13,15-18,20-22,30H,8-9,11,14,19H2,1-7H3,(H,37,38)(H,39,43)/t30-/m0/s1. The van der Waals surface area contributed by atoms with Crippen LogP contribution in [0.3, 0.4) is 0 Å². The molecule has 5 rings (SSSR count). The highest BCUT2D eigenvalue weighted by molar-refractivity contribution is 7.14. The Balaban J connectivity index is 1.35. The lowest BCUT2D eigenvalue weighted by Crippen LogP contribution is -2.48. The zero-order valence-electron chi connectivity index (χ0n) is 27.8. The maximum Gasteiger partial charge on any atom is 0.293 e. The average Bonchev–Trinajstić information content (AvgIpc) is 3.48. The van der Waals surface area contributed by atoms with Crippen molar-refractivity contribution in [1.29, 1.82) is 0 Å². The number of carbonyl (C=O) groups excluding carboxylic acids is 2. The van der Waals surface area contributed by atoms with Crippen molar-refractivity contribution in [2.24, 2.45) is 7.05 Å². The molecule has 2 N–H and O–H groups in total. The third-order valence-corrected chi connectivity index (χ3v) is 10.1. The van der Waals surface area contributed by atoms with E-state index >= 15 is 0 Å². The molecule has 242 valence electrons. The molecule has 0 bridgehead atoms. The normalized spacial score (nSPS) is 13.4. The van der Waals surface area contributed by atoms with Gasteiger partial charge in [0.05, 0.1) is 16.6 Å². The summed E-state index contributed by atoms with van der Waals surface area (Å²) in [6.07, 6.45) is 6.74. The Morgan fingerprint density at radius 2 is 1.76 bits per heavy atom.